The normalized spacial score (nSPS) is 17.2. The quantitative estimate of drug-likeness (QED) is 0.872. The van der Waals surface area contributed by atoms with Gasteiger partial charge < -0.3 is 5.73 Å². The van der Waals surface area contributed by atoms with E-state index in [1.165, 1.54) is 18.9 Å². The molecule has 18 heavy (non-hydrogen) atoms. The van der Waals surface area contributed by atoms with Crippen LogP contribution in [0.5, 0.6) is 0 Å². The van der Waals surface area contributed by atoms with Crippen molar-refractivity contribution in [1.82, 2.24) is 4.90 Å². The summed E-state index contributed by atoms with van der Waals surface area (Å²) in [6.45, 7) is 4.52. The van der Waals surface area contributed by atoms with Crippen molar-refractivity contribution in [1.29, 1.82) is 0 Å². The predicted molar refractivity (Wildman–Crippen MR) is 75.9 cm³/mol. The molecule has 2 rings (SSSR count). The second-order valence-corrected chi connectivity index (χ2v) is 5.86. The summed E-state index contributed by atoms with van der Waals surface area (Å²) < 4.78 is 14.8. The molecule has 1 aliphatic rings. The van der Waals surface area contributed by atoms with Gasteiger partial charge in [-0.25, -0.2) is 4.39 Å². The van der Waals surface area contributed by atoms with Crippen LogP contribution < -0.4 is 5.73 Å². The molecule has 1 aliphatic carbocycles. The van der Waals surface area contributed by atoms with E-state index in [2.05, 4.69) is 27.8 Å². The molecule has 100 valence electrons. The fourth-order valence-electron chi connectivity index (χ4n) is 2.35. The zero-order chi connectivity index (χ0) is 13.1. The Morgan fingerprint density at radius 2 is 2.22 bits per heavy atom. The van der Waals surface area contributed by atoms with Gasteiger partial charge in [0.1, 0.15) is 5.82 Å². The van der Waals surface area contributed by atoms with E-state index >= 15 is 0 Å². The van der Waals surface area contributed by atoms with Gasteiger partial charge in [0, 0.05) is 29.2 Å². The number of hydrogen-bond acceptors (Lipinski definition) is 2. The number of halogens is 2. The molecule has 0 aliphatic heterocycles. The molecule has 1 aromatic rings. The fraction of sp³-hybridized carbons (Fsp3) is 0.571. The first kappa shape index (κ1) is 14.0. The molecule has 1 aromatic carbocycles. The Morgan fingerprint density at radius 1 is 1.50 bits per heavy atom. The highest BCUT2D eigenvalue weighted by molar-refractivity contribution is 9.10. The average molecular weight is 315 g/mol. The van der Waals surface area contributed by atoms with Crippen LogP contribution in [0, 0.1) is 11.7 Å². The number of hydrogen-bond donors (Lipinski definition) is 1. The Balaban J connectivity index is 2.18. The smallest absolute Gasteiger partial charge is 0.129 e. The van der Waals surface area contributed by atoms with Crippen molar-refractivity contribution in [2.75, 3.05) is 19.6 Å². The van der Waals surface area contributed by atoms with Crippen LogP contribution in [0.25, 0.3) is 0 Å². The minimum Gasteiger partial charge on any atom is -0.329 e. The second kappa shape index (κ2) is 6.13. The minimum atomic E-state index is -0.172. The highest BCUT2D eigenvalue weighted by atomic mass is 79.9. The highest BCUT2D eigenvalue weighted by Gasteiger charge is 2.28. The molecule has 0 aromatic heterocycles. The average Bonchev–Trinajstić information content (AvgIpc) is 3.15. The van der Waals surface area contributed by atoms with Gasteiger partial charge in [0.2, 0.25) is 0 Å². The molecule has 2 nitrogen and oxygen atoms in total. The summed E-state index contributed by atoms with van der Waals surface area (Å²) in [5.41, 5.74) is 6.58. The van der Waals surface area contributed by atoms with Gasteiger partial charge in [-0.2, -0.15) is 0 Å². The van der Waals surface area contributed by atoms with Crippen LogP contribution in [0.15, 0.2) is 22.7 Å². The van der Waals surface area contributed by atoms with Crippen molar-refractivity contribution in [3.63, 3.8) is 0 Å². The molecule has 0 spiro atoms. The Labute approximate surface area is 116 Å². The van der Waals surface area contributed by atoms with E-state index in [1.54, 1.807) is 0 Å². The van der Waals surface area contributed by atoms with Gasteiger partial charge in [0.15, 0.2) is 0 Å². The fourth-order valence-corrected chi connectivity index (χ4v) is 2.69. The first-order valence-corrected chi connectivity index (χ1v) is 7.34. The number of nitrogens with zero attached hydrogens (tertiary/aromatic N) is 1. The van der Waals surface area contributed by atoms with E-state index in [1.807, 2.05) is 12.1 Å². The van der Waals surface area contributed by atoms with Gasteiger partial charge >= 0.3 is 0 Å². The molecule has 0 amide bonds. The van der Waals surface area contributed by atoms with Gasteiger partial charge in [0.05, 0.1) is 0 Å². The van der Waals surface area contributed by atoms with Crippen molar-refractivity contribution >= 4 is 15.9 Å². The van der Waals surface area contributed by atoms with E-state index < -0.39 is 0 Å². The van der Waals surface area contributed by atoms with E-state index in [9.17, 15) is 4.39 Å². The number of likely N-dealkylation sites (N-methyl/N-ethyl adjacent to an activating group) is 1. The molecule has 0 heterocycles. The molecule has 2 N–H and O–H groups in total. The largest absolute Gasteiger partial charge is 0.329 e. The van der Waals surface area contributed by atoms with Crippen LogP contribution in [0.1, 0.15) is 31.4 Å². The Morgan fingerprint density at radius 3 is 2.72 bits per heavy atom. The maximum Gasteiger partial charge on any atom is 0.129 e. The Hall–Kier alpha value is -0.450. The van der Waals surface area contributed by atoms with Gasteiger partial charge in [-0.3, -0.25) is 4.90 Å². The molecule has 0 radical (unpaired) electrons. The molecular weight excluding hydrogens is 295 g/mol. The lowest BCUT2D eigenvalue weighted by Crippen LogP contribution is -2.35. The van der Waals surface area contributed by atoms with Crippen LogP contribution in [-0.4, -0.2) is 24.5 Å². The SMILES string of the molecule is CCN(CC1CC1)C(CN)c1ccc(Br)cc1F. The van der Waals surface area contributed by atoms with Gasteiger partial charge in [0.25, 0.3) is 0 Å². The van der Waals surface area contributed by atoms with E-state index in [0.29, 0.717) is 12.1 Å². The summed E-state index contributed by atoms with van der Waals surface area (Å²) in [5, 5.41) is 0. The molecule has 4 heteroatoms. The van der Waals surface area contributed by atoms with E-state index in [0.717, 1.165) is 23.5 Å². The molecule has 1 unspecified atom stereocenters. The van der Waals surface area contributed by atoms with Crippen molar-refractivity contribution in [2.45, 2.75) is 25.8 Å². The number of rotatable bonds is 6. The molecule has 1 fully saturated rings. The van der Waals surface area contributed by atoms with Crippen molar-refractivity contribution in [3.8, 4) is 0 Å². The zero-order valence-corrected chi connectivity index (χ0v) is 12.3. The molecular formula is C14H20BrFN2. The van der Waals surface area contributed by atoms with E-state index in [-0.39, 0.29) is 11.9 Å². The molecule has 0 bridgehead atoms. The lowest BCUT2D eigenvalue weighted by Gasteiger charge is -2.30. The topological polar surface area (TPSA) is 29.3 Å². The van der Waals surface area contributed by atoms with E-state index in [4.69, 9.17) is 5.73 Å². The first-order valence-electron chi connectivity index (χ1n) is 6.54. The van der Waals surface area contributed by atoms with Crippen molar-refractivity contribution < 1.29 is 4.39 Å². The highest BCUT2D eigenvalue weighted by Crippen LogP contribution is 2.33. The maximum atomic E-state index is 14.0. The molecule has 1 atom stereocenters. The lowest BCUT2D eigenvalue weighted by molar-refractivity contribution is 0.199. The standard InChI is InChI=1S/C14H20BrFN2/c1-2-18(9-10-3-4-10)14(8-17)12-6-5-11(15)7-13(12)16/h5-7,10,14H,2-4,8-9,17H2,1H3. The third-order valence-corrected chi connectivity index (χ3v) is 4.07. The summed E-state index contributed by atoms with van der Waals surface area (Å²) >= 11 is 3.29. The van der Waals surface area contributed by atoms with Crippen molar-refractivity contribution in [2.24, 2.45) is 11.7 Å². The van der Waals surface area contributed by atoms with Crippen LogP contribution in [0.4, 0.5) is 4.39 Å². The van der Waals surface area contributed by atoms with Gasteiger partial charge in [-0.05, 0) is 37.4 Å². The summed E-state index contributed by atoms with van der Waals surface area (Å²) in [7, 11) is 0. The molecule has 0 saturated heterocycles. The summed E-state index contributed by atoms with van der Waals surface area (Å²) in [5.74, 6) is 0.617. The third-order valence-electron chi connectivity index (χ3n) is 3.58. The predicted octanol–water partition coefficient (Wildman–Crippen LogP) is 3.32. The number of nitrogens with two attached hydrogens (primary N) is 1. The summed E-state index contributed by atoms with van der Waals surface area (Å²) in [6, 6.07) is 5.23. The Bertz CT molecular complexity index is 407. The van der Waals surface area contributed by atoms with Gasteiger partial charge in [-0.1, -0.05) is 28.9 Å². The minimum absolute atomic E-state index is 0.0105. The Kier molecular flexibility index (Phi) is 4.76. The lowest BCUT2D eigenvalue weighted by atomic mass is 10.0. The monoisotopic (exact) mass is 314 g/mol. The van der Waals surface area contributed by atoms with Crippen molar-refractivity contribution in [3.05, 3.63) is 34.1 Å². The van der Waals surface area contributed by atoms with Crippen LogP contribution >= 0.6 is 15.9 Å². The summed E-state index contributed by atoms with van der Waals surface area (Å²) in [6.07, 6.45) is 2.60. The number of benzene rings is 1. The third kappa shape index (κ3) is 3.31. The molecule has 1 saturated carbocycles. The first-order chi connectivity index (χ1) is 8.65. The maximum absolute atomic E-state index is 14.0. The zero-order valence-electron chi connectivity index (χ0n) is 10.7. The summed E-state index contributed by atoms with van der Waals surface area (Å²) in [4.78, 5) is 2.30. The van der Waals surface area contributed by atoms with Gasteiger partial charge in [-0.15, -0.1) is 0 Å². The van der Waals surface area contributed by atoms with Crippen LogP contribution in [0.2, 0.25) is 0 Å². The van der Waals surface area contributed by atoms with Crippen LogP contribution in [-0.2, 0) is 0 Å². The second-order valence-electron chi connectivity index (χ2n) is 4.95. The van der Waals surface area contributed by atoms with Crippen LogP contribution in [0.3, 0.4) is 0 Å².